The molecule has 1 aromatic heterocycles. The fourth-order valence-electron chi connectivity index (χ4n) is 3.24. The van der Waals surface area contributed by atoms with Gasteiger partial charge in [-0.2, -0.15) is 0 Å². The van der Waals surface area contributed by atoms with Crippen molar-refractivity contribution in [1.29, 1.82) is 0 Å². The highest BCUT2D eigenvalue weighted by Crippen LogP contribution is 2.44. The van der Waals surface area contributed by atoms with Gasteiger partial charge in [-0.05, 0) is 58.7 Å². The Morgan fingerprint density at radius 2 is 2.19 bits per heavy atom. The Hall–Kier alpha value is -0.390. The molecular weight excluding hydrogens is 348 g/mol. The standard InChI is InChI=1S/C16H25BrN2OS/c1-10-13(18)6-5-12(16(10,2)3)15(20)19-9-8-11-4-7-14(17)21-11/h4,7,10,12-13H,5-6,8-9,18H2,1-3H3,(H,19,20). The molecule has 5 heteroatoms. The summed E-state index contributed by atoms with van der Waals surface area (Å²) in [5.41, 5.74) is 6.13. The first kappa shape index (κ1) is 17.0. The third-order valence-corrected chi connectivity index (χ3v) is 6.80. The van der Waals surface area contributed by atoms with E-state index in [1.165, 1.54) is 4.88 Å². The first-order valence-corrected chi connectivity index (χ1v) is 9.21. The van der Waals surface area contributed by atoms with Crippen molar-refractivity contribution in [3.63, 3.8) is 0 Å². The Kier molecular flexibility index (Phi) is 5.49. The molecule has 1 saturated carbocycles. The van der Waals surface area contributed by atoms with Gasteiger partial charge in [0.05, 0.1) is 3.79 Å². The van der Waals surface area contributed by atoms with Gasteiger partial charge >= 0.3 is 0 Å². The molecule has 3 atom stereocenters. The maximum Gasteiger partial charge on any atom is 0.223 e. The quantitative estimate of drug-likeness (QED) is 0.848. The van der Waals surface area contributed by atoms with Gasteiger partial charge in [0, 0.05) is 23.4 Å². The molecule has 0 radical (unpaired) electrons. The lowest BCUT2D eigenvalue weighted by Gasteiger charge is -2.46. The fraction of sp³-hybridized carbons (Fsp3) is 0.688. The Labute approximate surface area is 139 Å². The van der Waals surface area contributed by atoms with E-state index in [9.17, 15) is 4.79 Å². The van der Waals surface area contributed by atoms with E-state index in [2.05, 4.69) is 54.2 Å². The van der Waals surface area contributed by atoms with Gasteiger partial charge in [-0.15, -0.1) is 11.3 Å². The summed E-state index contributed by atoms with van der Waals surface area (Å²) in [6.07, 6.45) is 2.74. The predicted octanol–water partition coefficient (Wildman–Crippen LogP) is 3.57. The highest BCUT2D eigenvalue weighted by Gasteiger charge is 2.44. The van der Waals surface area contributed by atoms with Crippen molar-refractivity contribution in [3.8, 4) is 0 Å². The van der Waals surface area contributed by atoms with Crippen molar-refractivity contribution >= 4 is 33.2 Å². The molecule has 0 bridgehead atoms. The van der Waals surface area contributed by atoms with Crippen LogP contribution in [-0.2, 0) is 11.2 Å². The van der Waals surface area contributed by atoms with Crippen molar-refractivity contribution in [3.05, 3.63) is 20.8 Å². The van der Waals surface area contributed by atoms with Crippen LogP contribution in [0.5, 0.6) is 0 Å². The van der Waals surface area contributed by atoms with Crippen molar-refractivity contribution in [1.82, 2.24) is 5.32 Å². The molecule has 0 aliphatic heterocycles. The summed E-state index contributed by atoms with van der Waals surface area (Å²) >= 11 is 5.19. The van der Waals surface area contributed by atoms with E-state index in [1.54, 1.807) is 11.3 Å². The second kappa shape index (κ2) is 6.80. The molecule has 1 aromatic rings. The van der Waals surface area contributed by atoms with E-state index in [4.69, 9.17) is 5.73 Å². The summed E-state index contributed by atoms with van der Waals surface area (Å²) in [6.45, 7) is 7.24. The number of carbonyl (C=O) groups excluding carboxylic acids is 1. The molecule has 0 aromatic carbocycles. The predicted molar refractivity (Wildman–Crippen MR) is 92.4 cm³/mol. The molecule has 0 spiro atoms. The molecule has 118 valence electrons. The highest BCUT2D eigenvalue weighted by molar-refractivity contribution is 9.11. The number of amides is 1. The molecule has 1 aliphatic rings. The van der Waals surface area contributed by atoms with Crippen molar-refractivity contribution in [2.75, 3.05) is 6.54 Å². The zero-order valence-corrected chi connectivity index (χ0v) is 15.4. The van der Waals surface area contributed by atoms with E-state index in [0.29, 0.717) is 12.5 Å². The van der Waals surface area contributed by atoms with Crippen molar-refractivity contribution in [2.45, 2.75) is 46.1 Å². The van der Waals surface area contributed by atoms with Crippen LogP contribution in [0.4, 0.5) is 0 Å². The summed E-state index contributed by atoms with van der Waals surface area (Å²) in [4.78, 5) is 13.8. The topological polar surface area (TPSA) is 55.1 Å². The second-order valence-corrected chi connectivity index (χ2v) is 9.20. The molecule has 3 N–H and O–H groups in total. The highest BCUT2D eigenvalue weighted by atomic mass is 79.9. The van der Waals surface area contributed by atoms with E-state index >= 15 is 0 Å². The van der Waals surface area contributed by atoms with Gasteiger partial charge in [-0.25, -0.2) is 0 Å². The third kappa shape index (κ3) is 3.88. The average molecular weight is 373 g/mol. The number of hydrogen-bond donors (Lipinski definition) is 2. The lowest BCUT2D eigenvalue weighted by Crippen LogP contribution is -2.51. The summed E-state index contributed by atoms with van der Waals surface area (Å²) in [7, 11) is 0. The smallest absolute Gasteiger partial charge is 0.223 e. The number of carbonyl (C=O) groups is 1. The van der Waals surface area contributed by atoms with Gasteiger partial charge in [0.15, 0.2) is 0 Å². The second-order valence-electron chi connectivity index (χ2n) is 6.65. The first-order chi connectivity index (χ1) is 9.82. The van der Waals surface area contributed by atoms with Crippen LogP contribution in [0.3, 0.4) is 0 Å². The summed E-state index contributed by atoms with van der Waals surface area (Å²) in [5.74, 6) is 0.631. The largest absolute Gasteiger partial charge is 0.355 e. The molecule has 1 aliphatic carbocycles. The van der Waals surface area contributed by atoms with Crippen molar-refractivity contribution in [2.24, 2.45) is 23.0 Å². The molecular formula is C16H25BrN2OS. The van der Waals surface area contributed by atoms with Gasteiger partial charge in [-0.3, -0.25) is 4.79 Å². The van der Waals surface area contributed by atoms with E-state index in [1.807, 2.05) is 0 Å². The van der Waals surface area contributed by atoms with Crippen LogP contribution >= 0.6 is 27.3 Å². The Morgan fingerprint density at radius 1 is 1.48 bits per heavy atom. The maximum atomic E-state index is 12.5. The van der Waals surface area contributed by atoms with E-state index < -0.39 is 0 Å². The summed E-state index contributed by atoms with van der Waals surface area (Å²) in [5, 5.41) is 3.11. The maximum absolute atomic E-state index is 12.5. The molecule has 2 rings (SSSR count). The molecule has 1 amide bonds. The average Bonchev–Trinajstić information content (AvgIpc) is 2.82. The van der Waals surface area contributed by atoms with Gasteiger partial charge in [0.25, 0.3) is 0 Å². The zero-order chi connectivity index (χ0) is 15.6. The van der Waals surface area contributed by atoms with Crippen LogP contribution in [-0.4, -0.2) is 18.5 Å². The Bertz CT molecular complexity index is 500. The SMILES string of the molecule is CC1C(N)CCC(C(=O)NCCc2ccc(Br)s2)C1(C)C. The number of halogens is 1. The lowest BCUT2D eigenvalue weighted by molar-refractivity contribution is -0.132. The number of thiophene rings is 1. The summed E-state index contributed by atoms with van der Waals surface area (Å²) in [6, 6.07) is 4.37. The molecule has 3 unspecified atom stereocenters. The fourth-order valence-corrected chi connectivity index (χ4v) is 4.72. The molecule has 3 nitrogen and oxygen atoms in total. The van der Waals surface area contributed by atoms with Gasteiger partial charge in [0.2, 0.25) is 5.91 Å². The minimum atomic E-state index is -0.0340. The van der Waals surface area contributed by atoms with Crippen LogP contribution < -0.4 is 11.1 Å². The molecule has 0 saturated heterocycles. The first-order valence-electron chi connectivity index (χ1n) is 7.60. The van der Waals surface area contributed by atoms with Gasteiger partial charge in [0.1, 0.15) is 0 Å². The van der Waals surface area contributed by atoms with E-state index in [-0.39, 0.29) is 23.3 Å². The van der Waals surface area contributed by atoms with Crippen molar-refractivity contribution < 1.29 is 4.79 Å². The molecule has 1 fully saturated rings. The Balaban J connectivity index is 1.88. The van der Waals surface area contributed by atoms with Gasteiger partial charge < -0.3 is 11.1 Å². The lowest BCUT2D eigenvalue weighted by atomic mass is 9.61. The molecule has 1 heterocycles. The zero-order valence-electron chi connectivity index (χ0n) is 13.0. The normalized spacial score (nSPS) is 28.3. The third-order valence-electron chi connectivity index (χ3n) is 5.12. The summed E-state index contributed by atoms with van der Waals surface area (Å²) < 4.78 is 1.14. The van der Waals surface area contributed by atoms with Crippen LogP contribution in [0.1, 0.15) is 38.5 Å². The number of nitrogens with two attached hydrogens (primary N) is 1. The Morgan fingerprint density at radius 3 is 2.81 bits per heavy atom. The van der Waals surface area contributed by atoms with Crippen LogP contribution in [0.25, 0.3) is 0 Å². The molecule has 21 heavy (non-hydrogen) atoms. The van der Waals surface area contributed by atoms with Crippen LogP contribution in [0.15, 0.2) is 15.9 Å². The minimum absolute atomic E-state index is 0.0340. The van der Waals surface area contributed by atoms with E-state index in [0.717, 1.165) is 23.0 Å². The van der Waals surface area contributed by atoms with Crippen LogP contribution in [0.2, 0.25) is 0 Å². The minimum Gasteiger partial charge on any atom is -0.355 e. The number of rotatable bonds is 4. The van der Waals surface area contributed by atoms with Crippen LogP contribution in [0, 0.1) is 17.3 Å². The number of nitrogens with one attached hydrogen (secondary N) is 1. The van der Waals surface area contributed by atoms with Gasteiger partial charge in [-0.1, -0.05) is 20.8 Å². The number of hydrogen-bond acceptors (Lipinski definition) is 3. The monoisotopic (exact) mass is 372 g/mol.